The summed E-state index contributed by atoms with van der Waals surface area (Å²) in [6.45, 7) is 1.54. The normalized spacial score (nSPS) is 27.1. The van der Waals surface area contributed by atoms with Gasteiger partial charge >= 0.3 is 0 Å². The topological polar surface area (TPSA) is 44.7 Å². The standard InChI is InChI=1S/C13H14FN3O/c1-17-12(18)11(9-2-4-10(14)5-3-9)16-13(17)6-7-15-8-13/h2-5,15H,6-8H2,1H3/t13-/m0/s1. The lowest BCUT2D eigenvalue weighted by Gasteiger charge is -2.28. The van der Waals surface area contributed by atoms with Gasteiger partial charge in [-0.25, -0.2) is 9.38 Å². The van der Waals surface area contributed by atoms with Crippen LogP contribution in [0.15, 0.2) is 29.3 Å². The van der Waals surface area contributed by atoms with Gasteiger partial charge in [-0.2, -0.15) is 0 Å². The third-order valence-corrected chi connectivity index (χ3v) is 3.68. The predicted octanol–water partition coefficient (Wildman–Crippen LogP) is 0.776. The number of likely N-dealkylation sites (N-methyl/N-ethyl adjacent to an activating group) is 1. The Labute approximate surface area is 105 Å². The van der Waals surface area contributed by atoms with Crippen LogP contribution in [0.1, 0.15) is 12.0 Å². The lowest BCUT2D eigenvalue weighted by atomic mass is 10.1. The van der Waals surface area contributed by atoms with E-state index in [9.17, 15) is 9.18 Å². The van der Waals surface area contributed by atoms with Gasteiger partial charge in [-0.05, 0) is 30.8 Å². The van der Waals surface area contributed by atoms with Crippen molar-refractivity contribution in [3.8, 4) is 0 Å². The first-order valence-electron chi connectivity index (χ1n) is 5.97. The first-order valence-corrected chi connectivity index (χ1v) is 5.97. The molecule has 0 radical (unpaired) electrons. The van der Waals surface area contributed by atoms with Gasteiger partial charge in [0.25, 0.3) is 5.91 Å². The van der Waals surface area contributed by atoms with Crippen molar-refractivity contribution in [1.82, 2.24) is 10.2 Å². The van der Waals surface area contributed by atoms with Crippen molar-refractivity contribution in [2.24, 2.45) is 4.99 Å². The SMILES string of the molecule is CN1C(=O)C(c2ccc(F)cc2)=N[C@@]12CCNC2. The number of carbonyl (C=O) groups excluding carboxylic acids is 1. The molecule has 1 fully saturated rings. The summed E-state index contributed by atoms with van der Waals surface area (Å²) in [6.07, 6.45) is 0.819. The zero-order chi connectivity index (χ0) is 12.8. The second-order valence-corrected chi connectivity index (χ2v) is 4.74. The fraction of sp³-hybridized carbons (Fsp3) is 0.385. The summed E-state index contributed by atoms with van der Waals surface area (Å²) in [5.74, 6) is -0.402. The molecule has 4 nitrogen and oxygen atoms in total. The summed E-state index contributed by atoms with van der Waals surface area (Å²) in [5.41, 5.74) is 0.666. The first-order chi connectivity index (χ1) is 8.62. The van der Waals surface area contributed by atoms with E-state index >= 15 is 0 Å². The van der Waals surface area contributed by atoms with Gasteiger partial charge < -0.3 is 10.2 Å². The van der Waals surface area contributed by atoms with E-state index in [1.807, 2.05) is 0 Å². The molecule has 1 saturated heterocycles. The Kier molecular flexibility index (Phi) is 2.45. The van der Waals surface area contributed by atoms with Crippen molar-refractivity contribution in [2.75, 3.05) is 20.1 Å². The van der Waals surface area contributed by atoms with Crippen LogP contribution in [-0.4, -0.2) is 42.3 Å². The Morgan fingerprint density at radius 3 is 2.72 bits per heavy atom. The zero-order valence-corrected chi connectivity index (χ0v) is 10.1. The maximum atomic E-state index is 12.9. The average molecular weight is 247 g/mol. The molecule has 1 atom stereocenters. The molecule has 3 rings (SSSR count). The van der Waals surface area contributed by atoms with Gasteiger partial charge in [-0.3, -0.25) is 4.79 Å². The van der Waals surface area contributed by atoms with Crippen molar-refractivity contribution in [3.05, 3.63) is 35.6 Å². The molecule has 1 spiro atoms. The molecular weight excluding hydrogens is 233 g/mol. The molecule has 94 valence electrons. The van der Waals surface area contributed by atoms with E-state index in [-0.39, 0.29) is 11.7 Å². The van der Waals surface area contributed by atoms with Crippen LogP contribution in [0.25, 0.3) is 0 Å². The molecule has 18 heavy (non-hydrogen) atoms. The van der Waals surface area contributed by atoms with Crippen molar-refractivity contribution in [1.29, 1.82) is 0 Å². The minimum absolute atomic E-state index is 0.0923. The lowest BCUT2D eigenvalue weighted by Crippen LogP contribution is -2.45. The fourth-order valence-corrected chi connectivity index (χ4v) is 2.52. The predicted molar refractivity (Wildman–Crippen MR) is 65.9 cm³/mol. The number of amides is 1. The van der Waals surface area contributed by atoms with Crippen LogP contribution in [-0.2, 0) is 4.79 Å². The monoisotopic (exact) mass is 247 g/mol. The molecule has 0 aliphatic carbocycles. The van der Waals surface area contributed by atoms with Crippen molar-refractivity contribution < 1.29 is 9.18 Å². The Morgan fingerprint density at radius 2 is 2.11 bits per heavy atom. The smallest absolute Gasteiger partial charge is 0.274 e. The molecule has 1 amide bonds. The number of aliphatic imine (C=N–C) groups is 1. The van der Waals surface area contributed by atoms with Crippen LogP contribution in [0.5, 0.6) is 0 Å². The van der Waals surface area contributed by atoms with Crippen LogP contribution in [0.4, 0.5) is 4.39 Å². The van der Waals surface area contributed by atoms with Gasteiger partial charge in [0.05, 0.1) is 0 Å². The highest BCUT2D eigenvalue weighted by atomic mass is 19.1. The summed E-state index contributed by atoms with van der Waals surface area (Å²) < 4.78 is 12.9. The third kappa shape index (κ3) is 1.54. The van der Waals surface area contributed by atoms with Crippen LogP contribution in [0, 0.1) is 5.82 Å². The van der Waals surface area contributed by atoms with Crippen LogP contribution >= 0.6 is 0 Å². The summed E-state index contributed by atoms with van der Waals surface area (Å²) in [4.78, 5) is 18.5. The number of hydrogen-bond acceptors (Lipinski definition) is 3. The van der Waals surface area contributed by atoms with E-state index in [0.29, 0.717) is 17.8 Å². The van der Waals surface area contributed by atoms with Gasteiger partial charge in [0.1, 0.15) is 17.2 Å². The number of nitrogens with one attached hydrogen (secondary N) is 1. The number of halogens is 1. The van der Waals surface area contributed by atoms with Crippen LogP contribution < -0.4 is 5.32 Å². The molecule has 5 heteroatoms. The Hall–Kier alpha value is -1.75. The zero-order valence-electron chi connectivity index (χ0n) is 10.1. The van der Waals surface area contributed by atoms with E-state index in [1.54, 1.807) is 24.1 Å². The number of nitrogens with zero attached hydrogens (tertiary/aromatic N) is 2. The molecule has 0 saturated carbocycles. The number of carbonyl (C=O) groups is 1. The molecule has 2 aliphatic rings. The quantitative estimate of drug-likeness (QED) is 0.797. The Balaban J connectivity index is 2.01. The molecule has 1 aromatic carbocycles. The van der Waals surface area contributed by atoms with Crippen molar-refractivity contribution in [2.45, 2.75) is 12.1 Å². The highest BCUT2D eigenvalue weighted by Gasteiger charge is 2.46. The number of rotatable bonds is 1. The highest BCUT2D eigenvalue weighted by Crippen LogP contribution is 2.30. The average Bonchev–Trinajstić information content (AvgIpc) is 2.93. The van der Waals surface area contributed by atoms with E-state index in [2.05, 4.69) is 10.3 Å². The highest BCUT2D eigenvalue weighted by molar-refractivity contribution is 6.46. The van der Waals surface area contributed by atoms with E-state index in [4.69, 9.17) is 0 Å². The summed E-state index contributed by atoms with van der Waals surface area (Å²) in [5, 5.41) is 3.23. The molecule has 0 aromatic heterocycles. The molecule has 2 heterocycles. The Bertz CT molecular complexity index is 518. The largest absolute Gasteiger partial charge is 0.314 e. The van der Waals surface area contributed by atoms with Gasteiger partial charge in [0.2, 0.25) is 0 Å². The second kappa shape index (κ2) is 3.88. The summed E-state index contributed by atoms with van der Waals surface area (Å²) in [7, 11) is 1.77. The molecule has 0 bridgehead atoms. The van der Waals surface area contributed by atoms with Gasteiger partial charge in [0, 0.05) is 25.6 Å². The van der Waals surface area contributed by atoms with Gasteiger partial charge in [0.15, 0.2) is 0 Å². The van der Waals surface area contributed by atoms with Crippen molar-refractivity contribution in [3.63, 3.8) is 0 Å². The molecule has 2 aliphatic heterocycles. The lowest BCUT2D eigenvalue weighted by molar-refractivity contribution is -0.125. The molecule has 1 aromatic rings. The fourth-order valence-electron chi connectivity index (χ4n) is 2.52. The van der Waals surface area contributed by atoms with Crippen LogP contribution in [0.3, 0.4) is 0 Å². The Morgan fingerprint density at radius 1 is 1.39 bits per heavy atom. The minimum Gasteiger partial charge on any atom is -0.314 e. The second-order valence-electron chi connectivity index (χ2n) is 4.74. The molecule has 1 N–H and O–H groups in total. The molecule has 0 unspecified atom stereocenters. The van der Waals surface area contributed by atoms with E-state index in [0.717, 1.165) is 13.0 Å². The molecular formula is C13H14FN3O. The van der Waals surface area contributed by atoms with Gasteiger partial charge in [-0.15, -0.1) is 0 Å². The summed E-state index contributed by atoms with van der Waals surface area (Å²) >= 11 is 0. The van der Waals surface area contributed by atoms with Crippen molar-refractivity contribution >= 4 is 11.6 Å². The van der Waals surface area contributed by atoms with Gasteiger partial charge in [-0.1, -0.05) is 0 Å². The number of hydrogen-bond donors (Lipinski definition) is 1. The first kappa shape index (κ1) is 11.3. The summed E-state index contributed by atoms with van der Waals surface area (Å²) in [6, 6.07) is 5.90. The maximum Gasteiger partial charge on any atom is 0.274 e. The number of benzene rings is 1. The van der Waals surface area contributed by atoms with E-state index < -0.39 is 5.66 Å². The maximum absolute atomic E-state index is 12.9. The van der Waals surface area contributed by atoms with Crippen LogP contribution in [0.2, 0.25) is 0 Å². The third-order valence-electron chi connectivity index (χ3n) is 3.68. The van der Waals surface area contributed by atoms with E-state index in [1.165, 1.54) is 12.1 Å². The minimum atomic E-state index is -0.444.